The molecule has 1 fully saturated rings. The lowest BCUT2D eigenvalue weighted by Gasteiger charge is -2.46. The van der Waals surface area contributed by atoms with E-state index in [1.54, 1.807) is 13.0 Å². The minimum atomic E-state index is -0.157. The molecule has 4 heteroatoms. The van der Waals surface area contributed by atoms with E-state index in [1.165, 1.54) is 25.7 Å². The molecular formula is C17H28FN3. The Labute approximate surface area is 127 Å². The van der Waals surface area contributed by atoms with E-state index in [2.05, 4.69) is 24.4 Å². The van der Waals surface area contributed by atoms with E-state index in [9.17, 15) is 4.39 Å². The number of likely N-dealkylation sites (N-methyl/N-ethyl adjacent to an activating group) is 1. The summed E-state index contributed by atoms with van der Waals surface area (Å²) in [5.74, 6) is 5.74. The fourth-order valence-corrected chi connectivity index (χ4v) is 3.69. The van der Waals surface area contributed by atoms with Crippen molar-refractivity contribution in [3.8, 4) is 0 Å². The van der Waals surface area contributed by atoms with Crippen LogP contribution >= 0.6 is 0 Å². The number of rotatable bonds is 4. The Hall–Kier alpha value is -0.970. The predicted molar refractivity (Wildman–Crippen MR) is 85.3 cm³/mol. The molecule has 2 rings (SSSR count). The zero-order valence-corrected chi connectivity index (χ0v) is 13.5. The average molecular weight is 293 g/mol. The second kappa shape index (κ2) is 6.86. The van der Waals surface area contributed by atoms with Crippen molar-refractivity contribution >= 4 is 0 Å². The Balaban J connectivity index is 2.41. The number of halogens is 1. The largest absolute Gasteiger partial charge is 0.302 e. The third kappa shape index (κ3) is 3.28. The zero-order valence-electron chi connectivity index (χ0n) is 13.5. The van der Waals surface area contributed by atoms with Crippen molar-refractivity contribution in [1.29, 1.82) is 0 Å². The maximum absolute atomic E-state index is 14.0. The van der Waals surface area contributed by atoms with E-state index in [1.807, 2.05) is 12.1 Å². The predicted octanol–water partition coefficient (Wildman–Crippen LogP) is 3.29. The molecule has 0 saturated heterocycles. The van der Waals surface area contributed by atoms with Gasteiger partial charge in [0.1, 0.15) is 5.82 Å². The normalized spacial score (nSPS) is 20.3. The van der Waals surface area contributed by atoms with Gasteiger partial charge in [-0.15, -0.1) is 0 Å². The minimum absolute atomic E-state index is 0.0487. The number of nitrogens with zero attached hydrogens (tertiary/aromatic N) is 1. The number of nitrogens with two attached hydrogens (primary N) is 1. The summed E-state index contributed by atoms with van der Waals surface area (Å²) < 4.78 is 14.0. The van der Waals surface area contributed by atoms with Crippen molar-refractivity contribution < 1.29 is 4.39 Å². The van der Waals surface area contributed by atoms with Gasteiger partial charge in [-0.1, -0.05) is 37.8 Å². The van der Waals surface area contributed by atoms with Crippen LogP contribution in [0.1, 0.15) is 55.7 Å². The van der Waals surface area contributed by atoms with Crippen LogP contribution in [0.5, 0.6) is 0 Å². The molecule has 1 unspecified atom stereocenters. The molecule has 0 bridgehead atoms. The monoisotopic (exact) mass is 293 g/mol. The van der Waals surface area contributed by atoms with Crippen LogP contribution in [0.15, 0.2) is 18.2 Å². The summed E-state index contributed by atoms with van der Waals surface area (Å²) in [6.45, 7) is 1.79. The number of hydrazine groups is 1. The highest BCUT2D eigenvalue weighted by Gasteiger charge is 2.41. The van der Waals surface area contributed by atoms with E-state index in [0.29, 0.717) is 5.56 Å². The standard InChI is InChI=1S/C17H28FN3/c1-13-8-9-14(12-15(13)18)16(20-19)17(21(2)3)10-6-4-5-7-11-17/h8-9,12,16,20H,4-7,10-11,19H2,1-3H3. The van der Waals surface area contributed by atoms with Crippen LogP contribution in [-0.2, 0) is 0 Å². The van der Waals surface area contributed by atoms with E-state index in [-0.39, 0.29) is 17.4 Å². The summed E-state index contributed by atoms with van der Waals surface area (Å²) in [5.41, 5.74) is 4.54. The van der Waals surface area contributed by atoms with E-state index < -0.39 is 0 Å². The zero-order chi connectivity index (χ0) is 15.5. The average Bonchev–Trinajstić information content (AvgIpc) is 2.70. The first-order valence-corrected chi connectivity index (χ1v) is 7.91. The van der Waals surface area contributed by atoms with Crippen LogP contribution < -0.4 is 11.3 Å². The number of benzene rings is 1. The fourth-order valence-electron chi connectivity index (χ4n) is 3.69. The summed E-state index contributed by atoms with van der Waals surface area (Å²) >= 11 is 0. The fraction of sp³-hybridized carbons (Fsp3) is 0.647. The molecule has 21 heavy (non-hydrogen) atoms. The highest BCUT2D eigenvalue weighted by molar-refractivity contribution is 5.28. The maximum Gasteiger partial charge on any atom is 0.126 e. The van der Waals surface area contributed by atoms with Crippen molar-refractivity contribution in [2.45, 2.75) is 57.0 Å². The molecule has 0 aliphatic heterocycles. The van der Waals surface area contributed by atoms with Crippen molar-refractivity contribution in [2.24, 2.45) is 5.84 Å². The molecule has 3 nitrogen and oxygen atoms in total. The maximum atomic E-state index is 14.0. The smallest absolute Gasteiger partial charge is 0.126 e. The Morgan fingerprint density at radius 3 is 2.29 bits per heavy atom. The number of hydrogen-bond acceptors (Lipinski definition) is 3. The molecule has 0 spiro atoms. The van der Waals surface area contributed by atoms with E-state index in [4.69, 9.17) is 5.84 Å². The highest BCUT2D eigenvalue weighted by Crippen LogP contribution is 2.41. The van der Waals surface area contributed by atoms with Crippen LogP contribution in [0.4, 0.5) is 4.39 Å². The lowest BCUT2D eigenvalue weighted by molar-refractivity contribution is 0.0799. The number of aryl methyl sites for hydroxylation is 1. The van der Waals surface area contributed by atoms with E-state index >= 15 is 0 Å². The number of hydrogen-bond donors (Lipinski definition) is 2. The molecule has 0 amide bonds. The van der Waals surface area contributed by atoms with Crippen molar-refractivity contribution in [3.05, 3.63) is 35.1 Å². The quantitative estimate of drug-likeness (QED) is 0.508. The molecule has 1 atom stereocenters. The van der Waals surface area contributed by atoms with Gasteiger partial charge in [0.05, 0.1) is 6.04 Å². The first kappa shape index (κ1) is 16.4. The van der Waals surface area contributed by atoms with Crippen molar-refractivity contribution in [3.63, 3.8) is 0 Å². The molecule has 118 valence electrons. The van der Waals surface area contributed by atoms with Gasteiger partial charge in [0.15, 0.2) is 0 Å². The summed E-state index contributed by atoms with van der Waals surface area (Å²) in [5, 5.41) is 0. The lowest BCUT2D eigenvalue weighted by atomic mass is 9.78. The van der Waals surface area contributed by atoms with Gasteiger partial charge in [-0.05, 0) is 51.1 Å². The molecular weight excluding hydrogens is 265 g/mol. The second-order valence-electron chi connectivity index (χ2n) is 6.52. The van der Waals surface area contributed by atoms with Crippen LogP contribution in [0.25, 0.3) is 0 Å². The topological polar surface area (TPSA) is 41.3 Å². The molecule has 0 radical (unpaired) electrons. The first-order valence-electron chi connectivity index (χ1n) is 7.91. The summed E-state index contributed by atoms with van der Waals surface area (Å²) in [4.78, 5) is 2.28. The Bertz CT molecular complexity index is 465. The van der Waals surface area contributed by atoms with Crippen LogP contribution in [-0.4, -0.2) is 24.5 Å². The number of nitrogens with one attached hydrogen (secondary N) is 1. The van der Waals surface area contributed by atoms with Gasteiger partial charge in [0.25, 0.3) is 0 Å². The van der Waals surface area contributed by atoms with Crippen LogP contribution in [0.2, 0.25) is 0 Å². The van der Waals surface area contributed by atoms with Gasteiger partial charge in [0.2, 0.25) is 0 Å². The van der Waals surface area contributed by atoms with Crippen LogP contribution in [0.3, 0.4) is 0 Å². The Morgan fingerprint density at radius 2 is 1.81 bits per heavy atom. The van der Waals surface area contributed by atoms with Gasteiger partial charge in [0, 0.05) is 5.54 Å². The molecule has 0 aromatic heterocycles. The van der Waals surface area contributed by atoms with Crippen LogP contribution in [0, 0.1) is 12.7 Å². The van der Waals surface area contributed by atoms with Gasteiger partial charge < -0.3 is 4.90 Å². The molecule has 1 aromatic rings. The molecule has 0 heterocycles. The van der Waals surface area contributed by atoms with Gasteiger partial charge in [-0.25, -0.2) is 4.39 Å². The SMILES string of the molecule is Cc1ccc(C(NN)C2(N(C)C)CCCCCC2)cc1F. The van der Waals surface area contributed by atoms with Gasteiger partial charge in [-0.3, -0.25) is 11.3 Å². The highest BCUT2D eigenvalue weighted by atomic mass is 19.1. The van der Waals surface area contributed by atoms with Gasteiger partial charge >= 0.3 is 0 Å². The second-order valence-corrected chi connectivity index (χ2v) is 6.52. The molecule has 1 aliphatic rings. The Morgan fingerprint density at radius 1 is 1.19 bits per heavy atom. The van der Waals surface area contributed by atoms with E-state index in [0.717, 1.165) is 18.4 Å². The minimum Gasteiger partial charge on any atom is -0.302 e. The van der Waals surface area contributed by atoms with Crippen molar-refractivity contribution in [2.75, 3.05) is 14.1 Å². The Kier molecular flexibility index (Phi) is 5.36. The van der Waals surface area contributed by atoms with Gasteiger partial charge in [-0.2, -0.15) is 0 Å². The molecule has 1 aliphatic carbocycles. The summed E-state index contributed by atoms with van der Waals surface area (Å²) in [6.07, 6.45) is 7.12. The summed E-state index contributed by atoms with van der Waals surface area (Å²) in [7, 11) is 4.22. The lowest BCUT2D eigenvalue weighted by Crippen LogP contribution is -2.55. The van der Waals surface area contributed by atoms with Crippen molar-refractivity contribution in [1.82, 2.24) is 10.3 Å². The first-order chi connectivity index (χ1) is 10.0. The third-order valence-corrected chi connectivity index (χ3v) is 5.09. The molecule has 3 N–H and O–H groups in total. The third-order valence-electron chi connectivity index (χ3n) is 5.09. The molecule has 1 aromatic carbocycles. The molecule has 1 saturated carbocycles. The summed E-state index contributed by atoms with van der Waals surface area (Å²) in [6, 6.07) is 5.42.